The van der Waals surface area contributed by atoms with Gasteiger partial charge in [0.1, 0.15) is 5.82 Å². The summed E-state index contributed by atoms with van der Waals surface area (Å²) in [5.74, 6) is 0.818. The minimum atomic E-state index is -0.0509. The first-order chi connectivity index (χ1) is 10.1. The maximum absolute atomic E-state index is 11.9. The molecule has 0 saturated heterocycles. The van der Waals surface area contributed by atoms with Crippen molar-refractivity contribution >= 4 is 27.7 Å². The Kier molecular flexibility index (Phi) is 5.75. The van der Waals surface area contributed by atoms with E-state index in [9.17, 15) is 4.79 Å². The molecule has 110 valence electrons. The number of pyridine rings is 1. The second kappa shape index (κ2) is 7.78. The fourth-order valence-electron chi connectivity index (χ4n) is 1.88. The molecule has 2 N–H and O–H groups in total. The fraction of sp³-hybridized carbons (Fsp3) is 0.250. The number of carbonyl (C=O) groups is 1. The molecule has 0 atom stereocenters. The third kappa shape index (κ3) is 5.19. The SMILES string of the molecule is Cc1cccc(NCCCNC(=O)c2cccc(Br)c2)n1. The van der Waals surface area contributed by atoms with Gasteiger partial charge in [-0.25, -0.2) is 4.98 Å². The lowest BCUT2D eigenvalue weighted by molar-refractivity contribution is 0.0953. The summed E-state index contributed by atoms with van der Waals surface area (Å²) in [6.45, 7) is 3.36. The summed E-state index contributed by atoms with van der Waals surface area (Å²) in [5.41, 5.74) is 1.65. The van der Waals surface area contributed by atoms with Gasteiger partial charge in [-0.05, 0) is 43.7 Å². The molecule has 5 heteroatoms. The Morgan fingerprint density at radius 2 is 2.00 bits per heavy atom. The van der Waals surface area contributed by atoms with Gasteiger partial charge in [0.15, 0.2) is 0 Å². The van der Waals surface area contributed by atoms with E-state index in [4.69, 9.17) is 0 Å². The van der Waals surface area contributed by atoms with Crippen LogP contribution in [-0.4, -0.2) is 24.0 Å². The van der Waals surface area contributed by atoms with Gasteiger partial charge < -0.3 is 10.6 Å². The minimum absolute atomic E-state index is 0.0509. The number of carbonyl (C=O) groups excluding carboxylic acids is 1. The van der Waals surface area contributed by atoms with E-state index in [2.05, 4.69) is 31.5 Å². The molecule has 21 heavy (non-hydrogen) atoms. The van der Waals surface area contributed by atoms with E-state index >= 15 is 0 Å². The molecule has 1 aromatic carbocycles. The lowest BCUT2D eigenvalue weighted by Crippen LogP contribution is -2.25. The zero-order valence-corrected chi connectivity index (χ0v) is 13.5. The highest BCUT2D eigenvalue weighted by Crippen LogP contribution is 2.11. The van der Waals surface area contributed by atoms with Gasteiger partial charge in [0, 0.05) is 28.8 Å². The Morgan fingerprint density at radius 1 is 1.19 bits per heavy atom. The predicted octanol–water partition coefficient (Wildman–Crippen LogP) is 3.38. The molecule has 0 unspecified atom stereocenters. The van der Waals surface area contributed by atoms with Crippen molar-refractivity contribution in [2.24, 2.45) is 0 Å². The van der Waals surface area contributed by atoms with Crippen LogP contribution in [0.2, 0.25) is 0 Å². The molecule has 0 spiro atoms. The Labute approximate surface area is 133 Å². The van der Waals surface area contributed by atoms with Crippen molar-refractivity contribution in [1.29, 1.82) is 0 Å². The van der Waals surface area contributed by atoms with E-state index in [0.717, 1.165) is 29.0 Å². The summed E-state index contributed by atoms with van der Waals surface area (Å²) in [4.78, 5) is 16.3. The first kappa shape index (κ1) is 15.5. The van der Waals surface area contributed by atoms with E-state index in [1.54, 1.807) is 6.07 Å². The summed E-state index contributed by atoms with van der Waals surface area (Å²) in [7, 11) is 0. The fourth-order valence-corrected chi connectivity index (χ4v) is 2.28. The normalized spacial score (nSPS) is 10.2. The van der Waals surface area contributed by atoms with Gasteiger partial charge in [0.05, 0.1) is 0 Å². The number of aryl methyl sites for hydroxylation is 1. The topological polar surface area (TPSA) is 54.0 Å². The number of aromatic nitrogens is 1. The van der Waals surface area contributed by atoms with Gasteiger partial charge in [-0.3, -0.25) is 4.79 Å². The minimum Gasteiger partial charge on any atom is -0.370 e. The number of benzene rings is 1. The largest absolute Gasteiger partial charge is 0.370 e. The van der Waals surface area contributed by atoms with Gasteiger partial charge in [-0.15, -0.1) is 0 Å². The van der Waals surface area contributed by atoms with Crippen LogP contribution < -0.4 is 10.6 Å². The van der Waals surface area contributed by atoms with Crippen LogP contribution in [0.25, 0.3) is 0 Å². The number of hydrogen-bond donors (Lipinski definition) is 2. The molecule has 0 bridgehead atoms. The van der Waals surface area contributed by atoms with Crippen molar-refractivity contribution in [3.8, 4) is 0 Å². The predicted molar refractivity (Wildman–Crippen MR) is 88.6 cm³/mol. The van der Waals surface area contributed by atoms with Crippen LogP contribution in [0.15, 0.2) is 46.9 Å². The van der Waals surface area contributed by atoms with Crippen LogP contribution in [-0.2, 0) is 0 Å². The van der Waals surface area contributed by atoms with Gasteiger partial charge in [0.2, 0.25) is 0 Å². The Hall–Kier alpha value is -1.88. The molecule has 0 radical (unpaired) electrons. The lowest BCUT2D eigenvalue weighted by Gasteiger charge is -2.08. The van der Waals surface area contributed by atoms with Crippen molar-refractivity contribution < 1.29 is 4.79 Å². The highest BCUT2D eigenvalue weighted by Gasteiger charge is 2.04. The highest BCUT2D eigenvalue weighted by atomic mass is 79.9. The van der Waals surface area contributed by atoms with E-state index in [-0.39, 0.29) is 5.91 Å². The monoisotopic (exact) mass is 347 g/mol. The van der Waals surface area contributed by atoms with Crippen LogP contribution >= 0.6 is 15.9 Å². The van der Waals surface area contributed by atoms with Crippen LogP contribution in [0.3, 0.4) is 0 Å². The van der Waals surface area contributed by atoms with Crippen molar-refractivity contribution in [2.45, 2.75) is 13.3 Å². The first-order valence-electron chi connectivity index (χ1n) is 6.86. The number of rotatable bonds is 6. The molecule has 1 heterocycles. The summed E-state index contributed by atoms with van der Waals surface area (Å²) >= 11 is 3.36. The quantitative estimate of drug-likeness (QED) is 0.787. The lowest BCUT2D eigenvalue weighted by atomic mass is 10.2. The number of halogens is 1. The number of amides is 1. The average molecular weight is 348 g/mol. The first-order valence-corrected chi connectivity index (χ1v) is 7.66. The highest BCUT2D eigenvalue weighted by molar-refractivity contribution is 9.10. The molecule has 2 rings (SSSR count). The van der Waals surface area contributed by atoms with Crippen molar-refractivity contribution in [2.75, 3.05) is 18.4 Å². The van der Waals surface area contributed by atoms with Crippen LogP contribution in [0.5, 0.6) is 0 Å². The maximum atomic E-state index is 11.9. The third-order valence-electron chi connectivity index (χ3n) is 2.92. The number of anilines is 1. The second-order valence-corrected chi connectivity index (χ2v) is 5.63. The van der Waals surface area contributed by atoms with E-state index < -0.39 is 0 Å². The van der Waals surface area contributed by atoms with Gasteiger partial charge in [-0.2, -0.15) is 0 Å². The average Bonchev–Trinajstić information content (AvgIpc) is 2.47. The molecule has 1 amide bonds. The molecule has 0 saturated carbocycles. The third-order valence-corrected chi connectivity index (χ3v) is 3.41. The zero-order valence-electron chi connectivity index (χ0n) is 11.9. The number of nitrogens with zero attached hydrogens (tertiary/aromatic N) is 1. The molecule has 0 aliphatic rings. The van der Waals surface area contributed by atoms with Gasteiger partial charge in [0.25, 0.3) is 5.91 Å². The van der Waals surface area contributed by atoms with E-state index in [1.807, 2.05) is 43.3 Å². The standard InChI is InChI=1S/C16H18BrN3O/c1-12-5-2-8-15(20-12)18-9-4-10-19-16(21)13-6-3-7-14(17)11-13/h2-3,5-8,11H,4,9-10H2,1H3,(H,18,20)(H,19,21). The zero-order chi connectivity index (χ0) is 15.1. The smallest absolute Gasteiger partial charge is 0.251 e. The second-order valence-electron chi connectivity index (χ2n) is 4.71. The Balaban J connectivity index is 1.69. The van der Waals surface area contributed by atoms with Gasteiger partial charge >= 0.3 is 0 Å². The summed E-state index contributed by atoms with van der Waals surface area (Å²) in [6.07, 6.45) is 0.843. The number of hydrogen-bond acceptors (Lipinski definition) is 3. The van der Waals surface area contributed by atoms with E-state index in [0.29, 0.717) is 12.1 Å². The Bertz CT molecular complexity index is 616. The molecule has 1 aromatic heterocycles. The molecule has 0 aliphatic carbocycles. The maximum Gasteiger partial charge on any atom is 0.251 e. The van der Waals surface area contributed by atoms with Gasteiger partial charge in [-0.1, -0.05) is 28.1 Å². The van der Waals surface area contributed by atoms with Crippen molar-refractivity contribution in [1.82, 2.24) is 10.3 Å². The summed E-state index contributed by atoms with van der Waals surface area (Å²) in [6, 6.07) is 13.2. The van der Waals surface area contributed by atoms with Crippen LogP contribution in [0.4, 0.5) is 5.82 Å². The van der Waals surface area contributed by atoms with Crippen LogP contribution in [0.1, 0.15) is 22.5 Å². The molecule has 0 aliphatic heterocycles. The summed E-state index contributed by atoms with van der Waals surface area (Å²) in [5, 5.41) is 6.14. The number of nitrogens with one attached hydrogen (secondary N) is 2. The van der Waals surface area contributed by atoms with E-state index in [1.165, 1.54) is 0 Å². The Morgan fingerprint density at radius 3 is 2.76 bits per heavy atom. The summed E-state index contributed by atoms with van der Waals surface area (Å²) < 4.78 is 0.905. The molecule has 4 nitrogen and oxygen atoms in total. The molecular formula is C16H18BrN3O. The molecule has 2 aromatic rings. The van der Waals surface area contributed by atoms with Crippen molar-refractivity contribution in [3.05, 3.63) is 58.2 Å². The molecule has 0 fully saturated rings. The van der Waals surface area contributed by atoms with Crippen LogP contribution in [0, 0.1) is 6.92 Å². The van der Waals surface area contributed by atoms with Crippen molar-refractivity contribution in [3.63, 3.8) is 0 Å². The molecular weight excluding hydrogens is 330 g/mol.